The smallest absolute Gasteiger partial charge is 0.335 e. The van der Waals surface area contributed by atoms with Gasteiger partial charge in [0, 0.05) is 20.3 Å². The minimum atomic E-state index is -0.948. The van der Waals surface area contributed by atoms with Gasteiger partial charge in [0.15, 0.2) is 4.34 Å². The van der Waals surface area contributed by atoms with Crippen molar-refractivity contribution in [3.63, 3.8) is 0 Å². The second kappa shape index (κ2) is 7.02. The molecule has 3 aromatic rings. The van der Waals surface area contributed by atoms with Crippen LogP contribution >= 0.6 is 23.1 Å². The lowest BCUT2D eigenvalue weighted by molar-refractivity contribution is 0.0697. The van der Waals surface area contributed by atoms with Crippen LogP contribution in [0.1, 0.15) is 16.8 Å². The Morgan fingerprint density at radius 1 is 1.48 bits per heavy atom. The molecule has 0 spiro atoms. The molecule has 0 saturated heterocycles. The minimum Gasteiger partial charge on any atom is -0.478 e. The van der Waals surface area contributed by atoms with Crippen molar-refractivity contribution in [2.24, 2.45) is 0 Å². The summed E-state index contributed by atoms with van der Waals surface area (Å²) in [5.41, 5.74) is 1.02. The first-order chi connectivity index (χ1) is 11.2. The molecule has 0 aliphatic carbocycles. The van der Waals surface area contributed by atoms with Crippen LogP contribution in [-0.2, 0) is 11.3 Å². The first-order valence-corrected chi connectivity index (χ1v) is 8.37. The fraction of sp³-hybridized carbons (Fsp3) is 0.308. The third-order valence-electron chi connectivity index (χ3n) is 3.01. The van der Waals surface area contributed by atoms with Gasteiger partial charge in [-0.1, -0.05) is 0 Å². The van der Waals surface area contributed by atoms with Gasteiger partial charge in [0.25, 0.3) is 0 Å². The van der Waals surface area contributed by atoms with Gasteiger partial charge in [0.1, 0.15) is 0 Å². The number of aryl methyl sites for hydroxylation is 1. The number of methoxy groups -OCH3 is 1. The Morgan fingerprint density at radius 2 is 2.35 bits per heavy atom. The normalized spacial score (nSPS) is 11.2. The molecule has 0 radical (unpaired) electrons. The monoisotopic (exact) mass is 351 g/mol. The highest BCUT2D eigenvalue weighted by atomic mass is 32.2. The number of benzene rings is 1. The van der Waals surface area contributed by atoms with Gasteiger partial charge in [0.2, 0.25) is 5.16 Å². The number of rotatable bonds is 7. The molecule has 0 bridgehead atoms. The minimum absolute atomic E-state index is 0.252. The zero-order valence-electron chi connectivity index (χ0n) is 12.2. The molecular weight excluding hydrogens is 338 g/mol. The highest BCUT2D eigenvalue weighted by Crippen LogP contribution is 2.33. The molecule has 0 amide bonds. The number of aromatic nitrogens is 5. The summed E-state index contributed by atoms with van der Waals surface area (Å²) < 4.78 is 8.32. The Morgan fingerprint density at radius 3 is 3.13 bits per heavy atom. The zero-order valence-corrected chi connectivity index (χ0v) is 13.8. The highest BCUT2D eigenvalue weighted by Gasteiger charge is 2.13. The molecular formula is C13H13N5O3S2. The second-order valence-electron chi connectivity index (χ2n) is 4.60. The second-order valence-corrected chi connectivity index (χ2v) is 6.85. The lowest BCUT2D eigenvalue weighted by Gasteiger charge is -2.01. The molecule has 0 saturated carbocycles. The summed E-state index contributed by atoms with van der Waals surface area (Å²) in [5.74, 6) is -0.948. The lowest BCUT2D eigenvalue weighted by atomic mass is 10.2. The molecule has 2 aromatic heterocycles. The van der Waals surface area contributed by atoms with Crippen molar-refractivity contribution < 1.29 is 14.6 Å². The van der Waals surface area contributed by atoms with E-state index in [9.17, 15) is 4.79 Å². The topological polar surface area (TPSA) is 103 Å². The molecule has 0 aliphatic heterocycles. The van der Waals surface area contributed by atoms with Crippen LogP contribution in [0.25, 0.3) is 10.2 Å². The van der Waals surface area contributed by atoms with Crippen molar-refractivity contribution in [1.82, 2.24) is 25.2 Å². The van der Waals surface area contributed by atoms with E-state index in [2.05, 4.69) is 20.5 Å². The fourth-order valence-corrected chi connectivity index (χ4v) is 3.93. The zero-order chi connectivity index (χ0) is 16.2. The standard InChI is InChI=1S/C13H13N5O3S2/c1-21-6-2-5-18-12(15-16-17-18)23-13-14-9-4-3-8(11(19)20)7-10(9)22-13/h3-4,7H,2,5-6H2,1H3,(H,19,20). The number of hydrogen-bond acceptors (Lipinski definition) is 8. The van der Waals surface area contributed by atoms with Gasteiger partial charge < -0.3 is 9.84 Å². The summed E-state index contributed by atoms with van der Waals surface area (Å²) in [4.78, 5) is 15.5. The van der Waals surface area contributed by atoms with E-state index in [1.165, 1.54) is 23.1 Å². The van der Waals surface area contributed by atoms with Gasteiger partial charge in [0.05, 0.1) is 15.8 Å². The highest BCUT2D eigenvalue weighted by molar-refractivity contribution is 8.01. The first kappa shape index (κ1) is 15.8. The third-order valence-corrected chi connectivity index (χ3v) is 5.07. The molecule has 23 heavy (non-hydrogen) atoms. The summed E-state index contributed by atoms with van der Waals surface area (Å²) in [6, 6.07) is 4.88. The number of tetrazole rings is 1. The largest absolute Gasteiger partial charge is 0.478 e. The van der Waals surface area contributed by atoms with E-state index < -0.39 is 5.97 Å². The van der Waals surface area contributed by atoms with Gasteiger partial charge in [-0.25, -0.2) is 14.5 Å². The van der Waals surface area contributed by atoms with Gasteiger partial charge in [-0.2, -0.15) is 0 Å². The van der Waals surface area contributed by atoms with Gasteiger partial charge in [-0.3, -0.25) is 0 Å². The van der Waals surface area contributed by atoms with Crippen molar-refractivity contribution in [2.75, 3.05) is 13.7 Å². The molecule has 1 N–H and O–H groups in total. The van der Waals surface area contributed by atoms with Crippen LogP contribution in [-0.4, -0.2) is 50.0 Å². The molecule has 0 aliphatic rings. The number of thiazole rings is 1. The van der Waals surface area contributed by atoms with E-state index in [-0.39, 0.29) is 5.56 Å². The van der Waals surface area contributed by atoms with Gasteiger partial charge >= 0.3 is 5.97 Å². The maximum absolute atomic E-state index is 11.0. The number of fused-ring (bicyclic) bond motifs is 1. The quantitative estimate of drug-likeness (QED) is 0.646. The maximum atomic E-state index is 11.0. The molecule has 10 heteroatoms. The predicted molar refractivity (Wildman–Crippen MR) is 85.0 cm³/mol. The summed E-state index contributed by atoms with van der Waals surface area (Å²) in [6.07, 6.45) is 0.816. The summed E-state index contributed by atoms with van der Waals surface area (Å²) in [5, 5.41) is 21.3. The molecule has 1 aromatic carbocycles. The molecule has 0 unspecified atom stereocenters. The fourth-order valence-electron chi connectivity index (χ4n) is 1.93. The summed E-state index contributed by atoms with van der Waals surface area (Å²) in [6.45, 7) is 1.31. The van der Waals surface area contributed by atoms with Gasteiger partial charge in [-0.05, 0) is 46.8 Å². The predicted octanol–water partition coefficient (Wildman–Crippen LogP) is 2.17. The average Bonchev–Trinajstić information content (AvgIpc) is 3.13. The molecule has 2 heterocycles. The lowest BCUT2D eigenvalue weighted by Crippen LogP contribution is -2.04. The van der Waals surface area contributed by atoms with Crippen LogP contribution in [0.3, 0.4) is 0 Å². The van der Waals surface area contributed by atoms with Crippen molar-refractivity contribution in [1.29, 1.82) is 0 Å². The Bertz CT molecular complexity index is 832. The first-order valence-electron chi connectivity index (χ1n) is 6.74. The average molecular weight is 351 g/mol. The Labute approximate surface area is 139 Å². The maximum Gasteiger partial charge on any atom is 0.335 e. The number of carboxylic acid groups (broad SMARTS) is 1. The number of ether oxygens (including phenoxy) is 1. The molecule has 0 fully saturated rings. The number of nitrogens with zero attached hydrogens (tertiary/aromatic N) is 5. The van der Waals surface area contributed by atoms with Crippen molar-refractivity contribution in [2.45, 2.75) is 22.5 Å². The van der Waals surface area contributed by atoms with E-state index in [0.717, 1.165) is 21.0 Å². The van der Waals surface area contributed by atoms with Crippen LogP contribution in [0.4, 0.5) is 0 Å². The van der Waals surface area contributed by atoms with Crippen molar-refractivity contribution >= 4 is 39.3 Å². The van der Waals surface area contributed by atoms with Crippen LogP contribution in [0, 0.1) is 0 Å². The molecule has 0 atom stereocenters. The van der Waals surface area contributed by atoms with Crippen LogP contribution in [0.15, 0.2) is 27.7 Å². The van der Waals surface area contributed by atoms with E-state index in [1.807, 2.05) is 0 Å². The van der Waals surface area contributed by atoms with E-state index in [0.29, 0.717) is 18.3 Å². The SMILES string of the molecule is COCCCn1nnnc1Sc1nc2ccc(C(=O)O)cc2s1. The Hall–Kier alpha value is -2.04. The Kier molecular flexibility index (Phi) is 4.84. The van der Waals surface area contributed by atoms with Crippen molar-refractivity contribution in [3.05, 3.63) is 23.8 Å². The van der Waals surface area contributed by atoms with E-state index in [1.54, 1.807) is 30.0 Å². The van der Waals surface area contributed by atoms with Crippen LogP contribution in [0.5, 0.6) is 0 Å². The summed E-state index contributed by atoms with van der Waals surface area (Å²) >= 11 is 2.78. The van der Waals surface area contributed by atoms with Crippen LogP contribution < -0.4 is 0 Å². The third kappa shape index (κ3) is 3.66. The van der Waals surface area contributed by atoms with E-state index >= 15 is 0 Å². The number of carbonyl (C=O) groups is 1. The van der Waals surface area contributed by atoms with Gasteiger partial charge in [-0.15, -0.1) is 16.4 Å². The molecule has 8 nitrogen and oxygen atoms in total. The molecule has 3 rings (SSSR count). The van der Waals surface area contributed by atoms with Crippen LogP contribution in [0.2, 0.25) is 0 Å². The Balaban J connectivity index is 1.79. The van der Waals surface area contributed by atoms with Crippen molar-refractivity contribution in [3.8, 4) is 0 Å². The van der Waals surface area contributed by atoms with E-state index in [4.69, 9.17) is 9.84 Å². The summed E-state index contributed by atoms with van der Waals surface area (Å²) in [7, 11) is 1.65. The number of aromatic carboxylic acids is 1. The number of carboxylic acids is 1. The molecule has 120 valence electrons. The number of hydrogen-bond donors (Lipinski definition) is 1.